The van der Waals surface area contributed by atoms with E-state index in [0.29, 0.717) is 13.0 Å². The number of amides is 1. The van der Waals surface area contributed by atoms with E-state index in [9.17, 15) is 13.2 Å². The van der Waals surface area contributed by atoms with Crippen molar-refractivity contribution in [2.75, 3.05) is 18.1 Å². The van der Waals surface area contributed by atoms with Crippen LogP contribution < -0.4 is 5.32 Å². The monoisotopic (exact) mass is 263 g/mol. The van der Waals surface area contributed by atoms with Crippen molar-refractivity contribution in [1.82, 2.24) is 5.32 Å². The summed E-state index contributed by atoms with van der Waals surface area (Å²) in [6, 6.07) is 0. The lowest BCUT2D eigenvalue weighted by Gasteiger charge is -2.24. The summed E-state index contributed by atoms with van der Waals surface area (Å²) in [7, 11) is -2.93. The van der Waals surface area contributed by atoms with Gasteiger partial charge < -0.3 is 10.1 Å². The SMILES string of the molecule is CC1(CNC(=O)OC(C)(C)C)CCS(=O)(=O)C1. The minimum absolute atomic E-state index is 0.135. The molecule has 6 heteroatoms. The predicted octanol–water partition coefficient (Wildman–Crippen LogP) is 1.34. The summed E-state index contributed by atoms with van der Waals surface area (Å²) in [5.74, 6) is 0.343. The van der Waals surface area contributed by atoms with Crippen LogP contribution in [0.3, 0.4) is 0 Å². The number of ether oxygens (including phenoxy) is 1. The van der Waals surface area contributed by atoms with Crippen molar-refractivity contribution in [3.63, 3.8) is 0 Å². The molecule has 0 aromatic heterocycles. The molecule has 1 unspecified atom stereocenters. The van der Waals surface area contributed by atoms with Crippen molar-refractivity contribution in [3.8, 4) is 0 Å². The molecule has 0 aliphatic carbocycles. The van der Waals surface area contributed by atoms with Crippen molar-refractivity contribution < 1.29 is 17.9 Å². The van der Waals surface area contributed by atoms with Gasteiger partial charge in [0, 0.05) is 6.54 Å². The Morgan fingerprint density at radius 2 is 2.00 bits per heavy atom. The molecule has 0 spiro atoms. The van der Waals surface area contributed by atoms with Gasteiger partial charge in [0.05, 0.1) is 11.5 Å². The Bertz CT molecular complexity index is 396. The molecule has 1 rings (SSSR count). The van der Waals surface area contributed by atoms with Crippen molar-refractivity contribution >= 4 is 15.9 Å². The minimum atomic E-state index is -2.93. The van der Waals surface area contributed by atoms with Gasteiger partial charge in [-0.05, 0) is 32.6 Å². The topological polar surface area (TPSA) is 72.5 Å². The highest BCUT2D eigenvalue weighted by atomic mass is 32.2. The van der Waals surface area contributed by atoms with Gasteiger partial charge >= 0.3 is 6.09 Å². The quantitative estimate of drug-likeness (QED) is 0.816. The van der Waals surface area contributed by atoms with Gasteiger partial charge in [-0.3, -0.25) is 0 Å². The van der Waals surface area contributed by atoms with E-state index in [0.717, 1.165) is 0 Å². The Kier molecular flexibility index (Phi) is 3.76. The minimum Gasteiger partial charge on any atom is -0.444 e. The normalized spacial score (nSPS) is 27.8. The first-order valence-electron chi connectivity index (χ1n) is 5.69. The molecule has 0 aromatic carbocycles. The molecular weight excluding hydrogens is 242 g/mol. The van der Waals surface area contributed by atoms with Gasteiger partial charge in [0.1, 0.15) is 5.60 Å². The molecule has 1 atom stereocenters. The molecule has 1 saturated heterocycles. The Labute approximate surface area is 103 Å². The van der Waals surface area contributed by atoms with Crippen LogP contribution in [0.4, 0.5) is 4.79 Å². The van der Waals surface area contributed by atoms with Crippen LogP contribution in [0.2, 0.25) is 0 Å². The zero-order valence-corrected chi connectivity index (χ0v) is 11.7. The van der Waals surface area contributed by atoms with Crippen molar-refractivity contribution in [2.45, 2.75) is 39.7 Å². The lowest BCUT2D eigenvalue weighted by Crippen LogP contribution is -2.39. The van der Waals surface area contributed by atoms with Gasteiger partial charge in [0.25, 0.3) is 0 Å². The van der Waals surface area contributed by atoms with E-state index < -0.39 is 21.5 Å². The van der Waals surface area contributed by atoms with Gasteiger partial charge in [-0.15, -0.1) is 0 Å². The van der Waals surface area contributed by atoms with E-state index >= 15 is 0 Å². The Morgan fingerprint density at radius 3 is 2.41 bits per heavy atom. The number of carbonyl (C=O) groups excluding carboxylic acids is 1. The Hall–Kier alpha value is -0.780. The highest BCUT2D eigenvalue weighted by Crippen LogP contribution is 2.30. The van der Waals surface area contributed by atoms with E-state index in [1.54, 1.807) is 20.8 Å². The largest absolute Gasteiger partial charge is 0.444 e. The molecule has 0 saturated carbocycles. The first kappa shape index (κ1) is 14.3. The van der Waals surface area contributed by atoms with Crippen LogP contribution in [0, 0.1) is 5.41 Å². The highest BCUT2D eigenvalue weighted by molar-refractivity contribution is 7.91. The van der Waals surface area contributed by atoms with Gasteiger partial charge in [-0.2, -0.15) is 0 Å². The van der Waals surface area contributed by atoms with Crippen LogP contribution >= 0.6 is 0 Å². The Morgan fingerprint density at radius 1 is 1.41 bits per heavy atom. The average molecular weight is 263 g/mol. The van der Waals surface area contributed by atoms with E-state index in [1.165, 1.54) is 0 Å². The molecular formula is C11H21NO4S. The fourth-order valence-electron chi connectivity index (χ4n) is 1.82. The maximum absolute atomic E-state index is 11.4. The highest BCUT2D eigenvalue weighted by Gasteiger charge is 2.38. The fraction of sp³-hybridized carbons (Fsp3) is 0.909. The van der Waals surface area contributed by atoms with Crippen molar-refractivity contribution in [1.29, 1.82) is 0 Å². The third-order valence-electron chi connectivity index (χ3n) is 2.64. The van der Waals surface area contributed by atoms with Crippen LogP contribution in [0.25, 0.3) is 0 Å². The standard InChI is InChI=1S/C11H21NO4S/c1-10(2,3)16-9(13)12-7-11(4)5-6-17(14,15)8-11/h5-8H2,1-4H3,(H,12,13). The number of carbonyl (C=O) groups is 1. The molecule has 1 amide bonds. The van der Waals surface area contributed by atoms with Gasteiger partial charge in [-0.25, -0.2) is 13.2 Å². The second kappa shape index (κ2) is 4.48. The summed E-state index contributed by atoms with van der Waals surface area (Å²) in [6.07, 6.45) is 0.0912. The zero-order valence-electron chi connectivity index (χ0n) is 10.9. The summed E-state index contributed by atoms with van der Waals surface area (Å²) < 4.78 is 27.8. The summed E-state index contributed by atoms with van der Waals surface area (Å²) in [5, 5.41) is 2.63. The van der Waals surface area contributed by atoms with E-state index in [-0.39, 0.29) is 16.9 Å². The summed E-state index contributed by atoms with van der Waals surface area (Å²) in [6.45, 7) is 7.56. The zero-order chi connectivity index (χ0) is 13.3. The molecule has 0 radical (unpaired) electrons. The van der Waals surface area contributed by atoms with Crippen LogP contribution in [-0.2, 0) is 14.6 Å². The first-order chi connectivity index (χ1) is 7.52. The molecule has 0 bridgehead atoms. The van der Waals surface area contributed by atoms with Gasteiger partial charge in [0.15, 0.2) is 9.84 Å². The molecule has 1 aliphatic rings. The van der Waals surface area contributed by atoms with Crippen molar-refractivity contribution in [2.24, 2.45) is 5.41 Å². The molecule has 1 N–H and O–H groups in total. The molecule has 0 aromatic rings. The number of hydrogen-bond acceptors (Lipinski definition) is 4. The van der Waals surface area contributed by atoms with Crippen molar-refractivity contribution in [3.05, 3.63) is 0 Å². The average Bonchev–Trinajstić information content (AvgIpc) is 2.36. The molecule has 1 fully saturated rings. The van der Waals surface area contributed by atoms with Gasteiger partial charge in [-0.1, -0.05) is 6.92 Å². The molecule has 1 heterocycles. The van der Waals surface area contributed by atoms with E-state index in [2.05, 4.69) is 5.32 Å². The third kappa shape index (κ3) is 4.93. The summed E-state index contributed by atoms with van der Waals surface area (Å²) >= 11 is 0. The number of hydrogen-bond donors (Lipinski definition) is 1. The van der Waals surface area contributed by atoms with E-state index in [1.807, 2.05) is 6.92 Å². The van der Waals surface area contributed by atoms with Gasteiger partial charge in [0.2, 0.25) is 0 Å². The number of rotatable bonds is 2. The number of alkyl carbamates (subject to hydrolysis) is 1. The number of nitrogens with one attached hydrogen (secondary N) is 1. The molecule has 5 nitrogen and oxygen atoms in total. The van der Waals surface area contributed by atoms with E-state index in [4.69, 9.17) is 4.74 Å². The number of sulfone groups is 1. The second-order valence-corrected chi connectivity index (χ2v) is 8.19. The Balaban J connectivity index is 2.44. The smallest absolute Gasteiger partial charge is 0.407 e. The van der Waals surface area contributed by atoms with Crippen LogP contribution in [0.1, 0.15) is 34.1 Å². The molecule has 1 aliphatic heterocycles. The predicted molar refractivity (Wildman–Crippen MR) is 65.6 cm³/mol. The third-order valence-corrected chi connectivity index (χ3v) is 4.61. The lowest BCUT2D eigenvalue weighted by atomic mass is 9.90. The van der Waals surface area contributed by atoms with Crippen LogP contribution in [0.5, 0.6) is 0 Å². The maximum Gasteiger partial charge on any atom is 0.407 e. The maximum atomic E-state index is 11.4. The summed E-state index contributed by atoms with van der Waals surface area (Å²) in [5.41, 5.74) is -0.900. The second-order valence-electron chi connectivity index (χ2n) is 6.01. The fourth-order valence-corrected chi connectivity index (χ4v) is 4.07. The van der Waals surface area contributed by atoms with Crippen LogP contribution in [0.15, 0.2) is 0 Å². The molecule has 100 valence electrons. The lowest BCUT2D eigenvalue weighted by molar-refractivity contribution is 0.0507. The first-order valence-corrected chi connectivity index (χ1v) is 7.51. The summed E-state index contributed by atoms with van der Waals surface area (Å²) in [4.78, 5) is 11.4. The molecule has 17 heavy (non-hydrogen) atoms. The van der Waals surface area contributed by atoms with Crippen LogP contribution in [-0.4, -0.2) is 38.2 Å².